The zero-order chi connectivity index (χ0) is 21.4. The highest BCUT2D eigenvalue weighted by Gasteiger charge is 2.25. The van der Waals surface area contributed by atoms with Crippen molar-refractivity contribution in [3.8, 4) is 0 Å². The predicted molar refractivity (Wildman–Crippen MR) is 101 cm³/mol. The Balaban J connectivity index is 2.23. The van der Waals surface area contributed by atoms with E-state index < -0.39 is 17.1 Å². The molecule has 156 valence electrons. The molecule has 0 aliphatic carbocycles. The quantitative estimate of drug-likeness (QED) is 0.199. The molecule has 0 saturated heterocycles. The van der Waals surface area contributed by atoms with Crippen LogP contribution in [0.2, 0.25) is 0 Å². The molecule has 0 fully saturated rings. The fraction of sp³-hybridized carbons (Fsp3) is 0.579. The van der Waals surface area contributed by atoms with Crippen molar-refractivity contribution in [2.24, 2.45) is 5.41 Å². The van der Waals surface area contributed by atoms with Gasteiger partial charge in [-0.15, -0.1) is 0 Å². The summed E-state index contributed by atoms with van der Waals surface area (Å²) < 4.78 is 5.29. The van der Waals surface area contributed by atoms with Crippen molar-refractivity contribution < 1.29 is 29.0 Å². The third kappa shape index (κ3) is 9.43. The standard InChI is InChI=1S/C19H29N3O6/c1-18(2,13-28-19(3,4)27)12-15(24)21-10-8-14(23)20-9-5-11-22-16(25)6-7-17(22)26/h6-8,10,27H,5,9,11-13H2,1-4H3,(H,20,23)(H,21,24)/b10-8-. The average Bonchev–Trinajstić information content (AvgIpc) is 2.87. The van der Waals surface area contributed by atoms with Gasteiger partial charge in [0.05, 0.1) is 6.61 Å². The van der Waals surface area contributed by atoms with Gasteiger partial charge < -0.3 is 20.5 Å². The van der Waals surface area contributed by atoms with Crippen LogP contribution in [0, 0.1) is 5.41 Å². The van der Waals surface area contributed by atoms with Crippen molar-refractivity contribution in [1.82, 2.24) is 15.5 Å². The van der Waals surface area contributed by atoms with Gasteiger partial charge in [0.1, 0.15) is 0 Å². The minimum absolute atomic E-state index is 0.154. The van der Waals surface area contributed by atoms with Crippen LogP contribution in [0.1, 0.15) is 40.5 Å². The van der Waals surface area contributed by atoms with Crippen molar-refractivity contribution in [3.63, 3.8) is 0 Å². The Labute approximate surface area is 164 Å². The van der Waals surface area contributed by atoms with E-state index in [4.69, 9.17) is 4.74 Å². The van der Waals surface area contributed by atoms with Crippen LogP contribution < -0.4 is 10.6 Å². The summed E-state index contributed by atoms with van der Waals surface area (Å²) in [6.07, 6.45) is 5.45. The highest BCUT2D eigenvalue weighted by molar-refractivity contribution is 6.12. The fourth-order valence-corrected chi connectivity index (χ4v) is 2.28. The molecule has 1 heterocycles. The fourth-order valence-electron chi connectivity index (χ4n) is 2.28. The summed E-state index contributed by atoms with van der Waals surface area (Å²) in [5.41, 5.74) is -0.487. The van der Waals surface area contributed by atoms with E-state index >= 15 is 0 Å². The largest absolute Gasteiger partial charge is 0.366 e. The van der Waals surface area contributed by atoms with E-state index in [9.17, 15) is 24.3 Å². The number of nitrogens with one attached hydrogen (secondary N) is 2. The molecule has 28 heavy (non-hydrogen) atoms. The second kappa shape index (κ2) is 10.1. The summed E-state index contributed by atoms with van der Waals surface area (Å²) in [5.74, 6) is -2.66. The summed E-state index contributed by atoms with van der Waals surface area (Å²) >= 11 is 0. The van der Waals surface area contributed by atoms with Gasteiger partial charge in [-0.05, 0) is 25.7 Å². The highest BCUT2D eigenvalue weighted by Crippen LogP contribution is 2.22. The van der Waals surface area contributed by atoms with Crippen LogP contribution in [-0.2, 0) is 23.9 Å². The number of aliphatic hydroxyl groups is 1. The molecule has 0 radical (unpaired) electrons. The van der Waals surface area contributed by atoms with Crippen molar-refractivity contribution in [2.75, 3.05) is 19.7 Å². The molecule has 9 heteroatoms. The Hall–Kier alpha value is -2.52. The molecule has 0 aromatic rings. The van der Waals surface area contributed by atoms with Gasteiger partial charge in [0, 0.05) is 43.9 Å². The number of hydrogen-bond acceptors (Lipinski definition) is 6. The lowest BCUT2D eigenvalue weighted by Gasteiger charge is -2.28. The summed E-state index contributed by atoms with van der Waals surface area (Å²) in [7, 11) is 0. The third-order valence-electron chi connectivity index (χ3n) is 3.69. The molecule has 4 amide bonds. The van der Waals surface area contributed by atoms with Crippen molar-refractivity contribution in [3.05, 3.63) is 24.4 Å². The maximum Gasteiger partial charge on any atom is 0.253 e. The van der Waals surface area contributed by atoms with Gasteiger partial charge in [-0.3, -0.25) is 24.1 Å². The minimum atomic E-state index is -1.27. The normalized spacial score (nSPS) is 14.8. The first-order valence-corrected chi connectivity index (χ1v) is 9.03. The van der Waals surface area contributed by atoms with Crippen LogP contribution >= 0.6 is 0 Å². The summed E-state index contributed by atoms with van der Waals surface area (Å²) in [4.78, 5) is 47.5. The topological polar surface area (TPSA) is 125 Å². The molecule has 1 aliphatic rings. The number of hydrogen-bond donors (Lipinski definition) is 3. The number of nitrogens with zero attached hydrogens (tertiary/aromatic N) is 1. The lowest BCUT2D eigenvalue weighted by molar-refractivity contribution is -0.192. The van der Waals surface area contributed by atoms with E-state index in [1.165, 1.54) is 38.3 Å². The summed E-state index contributed by atoms with van der Waals surface area (Å²) in [6.45, 7) is 7.42. The van der Waals surface area contributed by atoms with Gasteiger partial charge in [0.25, 0.3) is 11.8 Å². The van der Waals surface area contributed by atoms with E-state index in [-0.39, 0.29) is 43.8 Å². The first kappa shape index (κ1) is 23.5. The molecule has 0 bridgehead atoms. The van der Waals surface area contributed by atoms with E-state index in [0.29, 0.717) is 6.42 Å². The van der Waals surface area contributed by atoms with Crippen LogP contribution in [0.5, 0.6) is 0 Å². The molecule has 9 nitrogen and oxygen atoms in total. The average molecular weight is 395 g/mol. The van der Waals surface area contributed by atoms with Gasteiger partial charge in [-0.2, -0.15) is 0 Å². The van der Waals surface area contributed by atoms with Crippen LogP contribution in [0.4, 0.5) is 0 Å². The predicted octanol–water partition coefficient (Wildman–Crippen LogP) is 0.209. The highest BCUT2D eigenvalue weighted by atomic mass is 16.6. The van der Waals surface area contributed by atoms with Crippen LogP contribution in [0.3, 0.4) is 0 Å². The van der Waals surface area contributed by atoms with Crippen LogP contribution in [-0.4, -0.2) is 59.1 Å². The molecule has 3 N–H and O–H groups in total. The van der Waals surface area contributed by atoms with Gasteiger partial charge in [0.2, 0.25) is 11.8 Å². The molecule has 0 aromatic carbocycles. The van der Waals surface area contributed by atoms with Crippen molar-refractivity contribution in [2.45, 2.75) is 46.3 Å². The SMILES string of the molecule is CC(C)(COC(C)(C)O)CC(=O)N/C=C\C(=O)NCCCN1C(=O)C=CC1=O. The zero-order valence-corrected chi connectivity index (χ0v) is 16.8. The van der Waals surface area contributed by atoms with E-state index in [1.807, 2.05) is 13.8 Å². The first-order valence-electron chi connectivity index (χ1n) is 9.03. The van der Waals surface area contributed by atoms with Crippen LogP contribution in [0.25, 0.3) is 0 Å². The molecular weight excluding hydrogens is 366 g/mol. The Morgan fingerprint density at radius 2 is 1.79 bits per heavy atom. The molecule has 0 saturated carbocycles. The Kier molecular flexibility index (Phi) is 8.52. The lowest BCUT2D eigenvalue weighted by Crippen LogP contribution is -2.34. The second-order valence-corrected chi connectivity index (χ2v) is 7.78. The Morgan fingerprint density at radius 1 is 1.18 bits per heavy atom. The van der Waals surface area contributed by atoms with Crippen molar-refractivity contribution in [1.29, 1.82) is 0 Å². The number of ether oxygens (including phenoxy) is 1. The summed E-state index contributed by atoms with van der Waals surface area (Å²) in [6, 6.07) is 0. The first-order chi connectivity index (χ1) is 12.9. The van der Waals surface area contributed by atoms with Gasteiger partial charge in [-0.25, -0.2) is 0 Å². The van der Waals surface area contributed by atoms with Gasteiger partial charge >= 0.3 is 0 Å². The number of imide groups is 1. The smallest absolute Gasteiger partial charge is 0.253 e. The molecule has 1 rings (SSSR count). The summed E-state index contributed by atoms with van der Waals surface area (Å²) in [5, 5.41) is 14.7. The number of carbonyl (C=O) groups is 4. The third-order valence-corrected chi connectivity index (χ3v) is 3.69. The van der Waals surface area contributed by atoms with Gasteiger partial charge in [-0.1, -0.05) is 13.8 Å². The lowest BCUT2D eigenvalue weighted by atomic mass is 9.90. The minimum Gasteiger partial charge on any atom is -0.366 e. The number of carbonyl (C=O) groups excluding carboxylic acids is 4. The molecule has 0 spiro atoms. The number of rotatable bonds is 11. The number of amides is 4. The molecule has 0 atom stereocenters. The Bertz CT molecular complexity index is 643. The van der Waals surface area contributed by atoms with Crippen molar-refractivity contribution >= 4 is 23.6 Å². The van der Waals surface area contributed by atoms with Crippen LogP contribution in [0.15, 0.2) is 24.4 Å². The second-order valence-electron chi connectivity index (χ2n) is 7.78. The van der Waals surface area contributed by atoms with E-state index in [0.717, 1.165) is 4.90 Å². The molecule has 0 unspecified atom stereocenters. The van der Waals surface area contributed by atoms with Gasteiger partial charge in [0.15, 0.2) is 5.79 Å². The molecular formula is C19H29N3O6. The monoisotopic (exact) mass is 395 g/mol. The van der Waals surface area contributed by atoms with E-state index in [2.05, 4.69) is 10.6 Å². The maximum absolute atomic E-state index is 11.9. The van der Waals surface area contributed by atoms with E-state index in [1.54, 1.807) is 0 Å². The zero-order valence-electron chi connectivity index (χ0n) is 16.8. The maximum atomic E-state index is 11.9. The molecule has 1 aliphatic heterocycles. The Morgan fingerprint density at radius 3 is 2.36 bits per heavy atom. The molecule has 0 aromatic heterocycles.